The predicted octanol–water partition coefficient (Wildman–Crippen LogP) is 3.18. The predicted molar refractivity (Wildman–Crippen MR) is 122 cm³/mol. The Kier molecular flexibility index (Phi) is 8.28. The molecule has 1 amide bonds. The first-order chi connectivity index (χ1) is 15.0. The van der Waals surface area contributed by atoms with Crippen molar-refractivity contribution in [2.75, 3.05) is 32.7 Å². The summed E-state index contributed by atoms with van der Waals surface area (Å²) in [5, 5.41) is 15.6. The van der Waals surface area contributed by atoms with Gasteiger partial charge in [0.25, 0.3) is 11.6 Å². The minimum atomic E-state index is -0.438. The van der Waals surface area contributed by atoms with Crippen molar-refractivity contribution >= 4 is 35.5 Å². The van der Waals surface area contributed by atoms with Gasteiger partial charge in [-0.2, -0.15) is 5.10 Å². The minimum Gasteiger partial charge on any atom is -0.296 e. The van der Waals surface area contributed by atoms with Crippen LogP contribution >= 0.6 is 11.6 Å². The first-order valence-electron chi connectivity index (χ1n) is 9.93. The van der Waals surface area contributed by atoms with Gasteiger partial charge in [-0.1, -0.05) is 41.9 Å². The lowest BCUT2D eigenvalue weighted by molar-refractivity contribution is -0.385. The quantitative estimate of drug-likeness (QED) is 0.386. The molecule has 31 heavy (non-hydrogen) atoms. The summed E-state index contributed by atoms with van der Waals surface area (Å²) in [6.07, 6.45) is 4.53. The molecule has 0 bridgehead atoms. The summed E-state index contributed by atoms with van der Waals surface area (Å²) in [6, 6.07) is 14.3. The molecule has 0 atom stereocenters. The fraction of sp³-hybridized carbons (Fsp3) is 0.273. The monoisotopic (exact) mass is 441 g/mol. The zero-order valence-corrected chi connectivity index (χ0v) is 17.7. The number of amides is 1. The Morgan fingerprint density at radius 1 is 1.10 bits per heavy atom. The molecule has 1 saturated heterocycles. The average molecular weight is 442 g/mol. The Morgan fingerprint density at radius 2 is 1.77 bits per heavy atom. The number of benzene rings is 2. The summed E-state index contributed by atoms with van der Waals surface area (Å²) in [5.41, 5.74) is 4.09. The van der Waals surface area contributed by atoms with Gasteiger partial charge in [-0.15, -0.1) is 0 Å². The van der Waals surface area contributed by atoms with Crippen LogP contribution < -0.4 is 5.43 Å². The number of hydrogen-bond acceptors (Lipinski definition) is 6. The molecule has 1 fully saturated rings. The molecule has 0 aliphatic carbocycles. The van der Waals surface area contributed by atoms with Crippen molar-refractivity contribution in [3.8, 4) is 0 Å². The second-order valence-corrected chi connectivity index (χ2v) is 7.54. The second-order valence-electron chi connectivity index (χ2n) is 7.13. The van der Waals surface area contributed by atoms with E-state index >= 15 is 0 Å². The maximum Gasteiger partial charge on any atom is 0.276 e. The smallest absolute Gasteiger partial charge is 0.276 e. The lowest BCUT2D eigenvalue weighted by atomic mass is 10.2. The molecule has 8 nitrogen and oxygen atoms in total. The van der Waals surface area contributed by atoms with Gasteiger partial charge in [0.1, 0.15) is 0 Å². The van der Waals surface area contributed by atoms with Crippen LogP contribution in [0.3, 0.4) is 0 Å². The minimum absolute atomic E-state index is 0.0184. The average Bonchev–Trinajstić information content (AvgIpc) is 2.76. The van der Waals surface area contributed by atoms with Crippen LogP contribution in [0.4, 0.5) is 5.69 Å². The van der Waals surface area contributed by atoms with E-state index in [-0.39, 0.29) is 18.1 Å². The SMILES string of the molecule is O=C(CN1CCN(Cc2ccccc2Cl)CC1)N/N=C\C=C/c1ccccc1[N+](=O)[O-]. The third kappa shape index (κ3) is 6.99. The van der Waals surface area contributed by atoms with Gasteiger partial charge in [0.05, 0.1) is 17.0 Å². The molecule has 0 unspecified atom stereocenters. The van der Waals surface area contributed by atoms with Crippen LogP contribution in [0.5, 0.6) is 0 Å². The molecule has 0 spiro atoms. The van der Waals surface area contributed by atoms with Crippen molar-refractivity contribution in [3.05, 3.63) is 80.9 Å². The highest BCUT2D eigenvalue weighted by atomic mass is 35.5. The van der Waals surface area contributed by atoms with E-state index < -0.39 is 4.92 Å². The first kappa shape index (κ1) is 22.6. The Bertz CT molecular complexity index is 971. The van der Waals surface area contributed by atoms with Crippen molar-refractivity contribution in [2.24, 2.45) is 5.10 Å². The van der Waals surface area contributed by atoms with Gasteiger partial charge in [0.15, 0.2) is 0 Å². The zero-order valence-electron chi connectivity index (χ0n) is 17.0. The number of para-hydroxylation sites is 1. The van der Waals surface area contributed by atoms with Gasteiger partial charge in [-0.05, 0) is 29.8 Å². The summed E-state index contributed by atoms with van der Waals surface area (Å²) >= 11 is 6.23. The molecular weight excluding hydrogens is 418 g/mol. The van der Waals surface area contributed by atoms with Crippen LogP contribution in [0.1, 0.15) is 11.1 Å². The standard InChI is InChI=1S/C22H24ClN5O3/c23-20-9-3-1-7-19(20)16-26-12-14-27(15-13-26)17-22(29)25-24-11-5-8-18-6-2-4-10-21(18)28(30)31/h1-11H,12-17H2,(H,25,29)/b8-5-,24-11-. The number of piperazine rings is 1. The van der Waals surface area contributed by atoms with E-state index in [4.69, 9.17) is 11.6 Å². The molecule has 1 N–H and O–H groups in total. The number of nitrogens with one attached hydrogen (secondary N) is 1. The van der Waals surface area contributed by atoms with Crippen LogP contribution in [0.2, 0.25) is 5.02 Å². The summed E-state index contributed by atoms with van der Waals surface area (Å²) in [4.78, 5) is 27.0. The van der Waals surface area contributed by atoms with Crippen molar-refractivity contribution in [3.63, 3.8) is 0 Å². The van der Waals surface area contributed by atoms with E-state index in [1.165, 1.54) is 12.3 Å². The van der Waals surface area contributed by atoms with Crippen LogP contribution in [-0.2, 0) is 11.3 Å². The number of hydrogen-bond donors (Lipinski definition) is 1. The molecule has 0 radical (unpaired) electrons. The summed E-state index contributed by atoms with van der Waals surface area (Å²) < 4.78 is 0. The first-order valence-corrected chi connectivity index (χ1v) is 10.3. The molecule has 1 aliphatic heterocycles. The Morgan fingerprint density at radius 3 is 2.52 bits per heavy atom. The number of nitro benzene ring substituents is 1. The molecular formula is C22H24ClN5O3. The molecule has 162 valence electrons. The maximum absolute atomic E-state index is 12.1. The van der Waals surface area contributed by atoms with E-state index in [1.807, 2.05) is 24.3 Å². The molecule has 9 heteroatoms. The molecule has 3 rings (SSSR count). The zero-order chi connectivity index (χ0) is 22.1. The molecule has 2 aromatic rings. The molecule has 1 aliphatic rings. The van der Waals surface area contributed by atoms with E-state index in [9.17, 15) is 14.9 Å². The van der Waals surface area contributed by atoms with Crippen LogP contribution in [0.25, 0.3) is 6.08 Å². The second kappa shape index (κ2) is 11.4. The highest BCUT2D eigenvalue weighted by Gasteiger charge is 2.19. The van der Waals surface area contributed by atoms with Crippen molar-refractivity contribution in [2.45, 2.75) is 6.54 Å². The number of halogens is 1. The van der Waals surface area contributed by atoms with E-state index in [0.717, 1.165) is 43.3 Å². The number of carbonyl (C=O) groups excluding carboxylic acids is 1. The van der Waals surface area contributed by atoms with Gasteiger partial charge in [-0.25, -0.2) is 5.43 Å². The van der Waals surface area contributed by atoms with E-state index in [1.54, 1.807) is 30.4 Å². The van der Waals surface area contributed by atoms with Crippen LogP contribution in [0.15, 0.2) is 59.7 Å². The van der Waals surface area contributed by atoms with Gasteiger partial charge >= 0.3 is 0 Å². The normalized spacial score (nSPS) is 15.5. The van der Waals surface area contributed by atoms with Gasteiger partial charge in [0.2, 0.25) is 0 Å². The highest BCUT2D eigenvalue weighted by Crippen LogP contribution is 2.19. The topological polar surface area (TPSA) is 91.1 Å². The molecule has 2 aromatic carbocycles. The third-order valence-electron chi connectivity index (χ3n) is 4.94. The number of allylic oxidation sites excluding steroid dienone is 1. The van der Waals surface area contributed by atoms with Crippen molar-refractivity contribution < 1.29 is 9.72 Å². The summed E-state index contributed by atoms with van der Waals surface area (Å²) in [6.45, 7) is 4.38. The number of carbonyl (C=O) groups is 1. The number of nitro groups is 1. The number of rotatable bonds is 8. The molecule has 0 saturated carbocycles. The third-order valence-corrected chi connectivity index (χ3v) is 5.31. The summed E-state index contributed by atoms with van der Waals surface area (Å²) in [5.74, 6) is -0.199. The molecule has 0 aromatic heterocycles. The number of nitrogens with zero attached hydrogens (tertiary/aromatic N) is 4. The Labute approximate surface area is 185 Å². The van der Waals surface area contributed by atoms with Crippen molar-refractivity contribution in [1.82, 2.24) is 15.2 Å². The van der Waals surface area contributed by atoms with E-state index in [0.29, 0.717) is 5.56 Å². The fourth-order valence-electron chi connectivity index (χ4n) is 3.31. The van der Waals surface area contributed by atoms with E-state index in [2.05, 4.69) is 20.3 Å². The number of hydrazone groups is 1. The lowest BCUT2D eigenvalue weighted by Gasteiger charge is -2.34. The fourth-order valence-corrected chi connectivity index (χ4v) is 3.50. The molecule has 1 heterocycles. The largest absolute Gasteiger partial charge is 0.296 e. The van der Waals surface area contributed by atoms with Gasteiger partial charge in [0, 0.05) is 50.0 Å². The highest BCUT2D eigenvalue weighted by molar-refractivity contribution is 6.31. The van der Waals surface area contributed by atoms with Crippen LogP contribution in [0, 0.1) is 10.1 Å². The van der Waals surface area contributed by atoms with Crippen LogP contribution in [-0.4, -0.2) is 59.6 Å². The maximum atomic E-state index is 12.1. The van der Waals surface area contributed by atoms with Gasteiger partial charge < -0.3 is 0 Å². The Balaban J connectivity index is 1.39. The van der Waals surface area contributed by atoms with Gasteiger partial charge in [-0.3, -0.25) is 24.7 Å². The lowest BCUT2D eigenvalue weighted by Crippen LogP contribution is -2.48. The summed E-state index contributed by atoms with van der Waals surface area (Å²) in [7, 11) is 0. The van der Waals surface area contributed by atoms with Crippen molar-refractivity contribution in [1.29, 1.82) is 0 Å². The Hall–Kier alpha value is -3.07.